The van der Waals surface area contributed by atoms with E-state index in [1.165, 1.54) is 0 Å². The highest BCUT2D eigenvalue weighted by atomic mass is 16.6. The first-order valence-electron chi connectivity index (χ1n) is 8.24. The Labute approximate surface area is 148 Å². The summed E-state index contributed by atoms with van der Waals surface area (Å²) in [6.45, 7) is 4.00. The minimum atomic E-state index is -0.757. The maximum atomic E-state index is 12.3. The Bertz CT molecular complexity index is 671. The molecule has 0 fully saturated rings. The molecule has 0 spiro atoms. The van der Waals surface area contributed by atoms with Crippen molar-refractivity contribution in [1.82, 2.24) is 5.32 Å². The fourth-order valence-electron chi connectivity index (χ4n) is 2.21. The van der Waals surface area contributed by atoms with E-state index >= 15 is 0 Å². The lowest BCUT2D eigenvalue weighted by Gasteiger charge is -2.20. The molecular weight excluding hydrogens is 318 g/mol. The first-order valence-corrected chi connectivity index (χ1v) is 8.24. The molecule has 0 saturated carbocycles. The van der Waals surface area contributed by atoms with E-state index in [1.807, 2.05) is 74.5 Å². The van der Waals surface area contributed by atoms with Crippen LogP contribution < -0.4 is 5.32 Å². The van der Waals surface area contributed by atoms with Crippen LogP contribution in [-0.4, -0.2) is 18.1 Å². The molecule has 1 amide bonds. The van der Waals surface area contributed by atoms with E-state index in [2.05, 4.69) is 5.32 Å². The molecule has 2 aromatic rings. The first-order chi connectivity index (χ1) is 12.1. The van der Waals surface area contributed by atoms with Crippen molar-refractivity contribution in [2.24, 2.45) is 5.92 Å². The number of carbonyl (C=O) groups is 2. The summed E-state index contributed by atoms with van der Waals surface area (Å²) in [6.07, 6.45) is -0.640. The number of benzene rings is 2. The van der Waals surface area contributed by atoms with Gasteiger partial charge < -0.3 is 14.8 Å². The van der Waals surface area contributed by atoms with Crippen LogP contribution in [0.4, 0.5) is 4.79 Å². The molecule has 2 aromatic carbocycles. The Hall–Kier alpha value is -2.82. The summed E-state index contributed by atoms with van der Waals surface area (Å²) >= 11 is 0. The molecule has 1 atom stereocenters. The van der Waals surface area contributed by atoms with Gasteiger partial charge in [0, 0.05) is 0 Å². The molecule has 0 aliphatic heterocycles. The van der Waals surface area contributed by atoms with Crippen molar-refractivity contribution in [2.75, 3.05) is 0 Å². The Morgan fingerprint density at radius 1 is 0.840 bits per heavy atom. The van der Waals surface area contributed by atoms with Gasteiger partial charge in [0.15, 0.2) is 0 Å². The minimum absolute atomic E-state index is 0.118. The van der Waals surface area contributed by atoms with Gasteiger partial charge in [0.25, 0.3) is 0 Å². The van der Waals surface area contributed by atoms with E-state index in [9.17, 15) is 9.59 Å². The van der Waals surface area contributed by atoms with Gasteiger partial charge in [0.1, 0.15) is 19.3 Å². The fraction of sp³-hybridized carbons (Fsp3) is 0.300. The predicted molar refractivity (Wildman–Crippen MR) is 94.6 cm³/mol. The zero-order valence-electron chi connectivity index (χ0n) is 14.5. The highest BCUT2D eigenvalue weighted by molar-refractivity contribution is 5.81. The average molecular weight is 341 g/mol. The number of rotatable bonds is 7. The number of nitrogens with one attached hydrogen (secondary N) is 1. The van der Waals surface area contributed by atoms with Crippen LogP contribution in [0, 0.1) is 5.92 Å². The second-order valence-electron chi connectivity index (χ2n) is 6.02. The number of amides is 1. The molecule has 1 N–H and O–H groups in total. The van der Waals surface area contributed by atoms with Crippen molar-refractivity contribution < 1.29 is 19.1 Å². The molecule has 0 radical (unpaired) electrons. The number of ether oxygens (including phenoxy) is 2. The van der Waals surface area contributed by atoms with Gasteiger partial charge in [-0.05, 0) is 17.0 Å². The zero-order chi connectivity index (χ0) is 18.1. The van der Waals surface area contributed by atoms with Gasteiger partial charge in [-0.3, -0.25) is 0 Å². The minimum Gasteiger partial charge on any atom is -0.459 e. The number of esters is 1. The van der Waals surface area contributed by atoms with Gasteiger partial charge in [0.2, 0.25) is 0 Å². The van der Waals surface area contributed by atoms with Gasteiger partial charge in [-0.15, -0.1) is 0 Å². The summed E-state index contributed by atoms with van der Waals surface area (Å²) < 4.78 is 10.5. The third-order valence-electron chi connectivity index (χ3n) is 3.63. The van der Waals surface area contributed by atoms with Gasteiger partial charge in [0.05, 0.1) is 0 Å². The zero-order valence-corrected chi connectivity index (χ0v) is 14.5. The summed E-state index contributed by atoms with van der Waals surface area (Å²) in [6, 6.07) is 18.0. The molecule has 5 heteroatoms. The maximum absolute atomic E-state index is 12.3. The van der Waals surface area contributed by atoms with Gasteiger partial charge >= 0.3 is 12.1 Å². The second-order valence-corrected chi connectivity index (χ2v) is 6.02. The predicted octanol–water partition coefficient (Wildman–Crippen LogP) is 3.68. The molecule has 0 heterocycles. The van der Waals surface area contributed by atoms with Crippen LogP contribution in [-0.2, 0) is 27.5 Å². The third kappa shape index (κ3) is 6.30. The maximum Gasteiger partial charge on any atom is 0.408 e. The monoisotopic (exact) mass is 341 g/mol. The molecule has 0 unspecified atom stereocenters. The molecule has 0 aromatic heterocycles. The molecule has 0 bridgehead atoms. The lowest BCUT2D eigenvalue weighted by atomic mass is 10.1. The molecule has 5 nitrogen and oxygen atoms in total. The number of hydrogen-bond acceptors (Lipinski definition) is 4. The van der Waals surface area contributed by atoms with E-state index in [1.54, 1.807) is 0 Å². The topological polar surface area (TPSA) is 64.6 Å². The number of carbonyl (C=O) groups excluding carboxylic acids is 2. The van der Waals surface area contributed by atoms with Crippen LogP contribution in [0.15, 0.2) is 60.7 Å². The summed E-state index contributed by atoms with van der Waals surface area (Å²) in [7, 11) is 0. The Morgan fingerprint density at radius 3 is 1.80 bits per heavy atom. The van der Waals surface area contributed by atoms with E-state index in [0.717, 1.165) is 11.1 Å². The molecule has 2 rings (SSSR count). The van der Waals surface area contributed by atoms with E-state index < -0.39 is 18.1 Å². The Morgan fingerprint density at radius 2 is 1.32 bits per heavy atom. The van der Waals surface area contributed by atoms with Crippen LogP contribution in [0.5, 0.6) is 0 Å². The van der Waals surface area contributed by atoms with Crippen LogP contribution in [0.3, 0.4) is 0 Å². The van der Waals surface area contributed by atoms with Crippen LogP contribution in [0.25, 0.3) is 0 Å². The normalized spacial score (nSPS) is 11.6. The Kier molecular flexibility index (Phi) is 7.01. The molecule has 25 heavy (non-hydrogen) atoms. The van der Waals surface area contributed by atoms with E-state index in [4.69, 9.17) is 9.47 Å². The molecule has 132 valence electrons. The van der Waals surface area contributed by atoms with E-state index in [0.29, 0.717) is 0 Å². The quantitative estimate of drug-likeness (QED) is 0.780. The lowest BCUT2D eigenvalue weighted by Crippen LogP contribution is -2.45. The Balaban J connectivity index is 1.84. The van der Waals surface area contributed by atoms with Crippen LogP contribution in [0.2, 0.25) is 0 Å². The summed E-state index contributed by atoms with van der Waals surface area (Å²) in [5.74, 6) is -0.594. The van der Waals surface area contributed by atoms with E-state index in [-0.39, 0.29) is 19.1 Å². The third-order valence-corrected chi connectivity index (χ3v) is 3.63. The highest BCUT2D eigenvalue weighted by Crippen LogP contribution is 2.08. The molecule has 0 aliphatic carbocycles. The average Bonchev–Trinajstić information content (AvgIpc) is 2.64. The molecule has 0 aliphatic rings. The smallest absolute Gasteiger partial charge is 0.408 e. The number of hydrogen-bond donors (Lipinski definition) is 1. The van der Waals surface area contributed by atoms with Gasteiger partial charge in [-0.2, -0.15) is 0 Å². The lowest BCUT2D eigenvalue weighted by molar-refractivity contribution is -0.148. The summed E-state index contributed by atoms with van der Waals surface area (Å²) in [5.41, 5.74) is 1.77. The summed E-state index contributed by atoms with van der Waals surface area (Å²) in [4.78, 5) is 24.2. The van der Waals surface area contributed by atoms with Crippen molar-refractivity contribution >= 4 is 12.1 Å². The standard InChI is InChI=1S/C20H23NO4/c1-15(2)18(19(22)24-13-16-9-5-3-6-10-16)21-20(23)25-14-17-11-7-4-8-12-17/h3-12,15,18H,13-14H2,1-2H3,(H,21,23)/t18-/m0/s1. The fourth-order valence-corrected chi connectivity index (χ4v) is 2.21. The second kappa shape index (κ2) is 9.47. The SMILES string of the molecule is CC(C)[C@H](NC(=O)OCc1ccccc1)C(=O)OCc1ccccc1. The van der Waals surface area contributed by atoms with Gasteiger partial charge in [-0.1, -0.05) is 74.5 Å². The largest absolute Gasteiger partial charge is 0.459 e. The summed E-state index contributed by atoms with van der Waals surface area (Å²) in [5, 5.41) is 2.59. The van der Waals surface area contributed by atoms with Crippen LogP contribution >= 0.6 is 0 Å². The molecule has 0 saturated heterocycles. The van der Waals surface area contributed by atoms with Crippen molar-refractivity contribution in [2.45, 2.75) is 33.1 Å². The highest BCUT2D eigenvalue weighted by Gasteiger charge is 2.26. The van der Waals surface area contributed by atoms with Crippen molar-refractivity contribution in [1.29, 1.82) is 0 Å². The van der Waals surface area contributed by atoms with Crippen LogP contribution in [0.1, 0.15) is 25.0 Å². The van der Waals surface area contributed by atoms with Gasteiger partial charge in [-0.25, -0.2) is 9.59 Å². The molecular formula is C20H23NO4. The van der Waals surface area contributed by atoms with Crippen molar-refractivity contribution in [3.05, 3.63) is 71.8 Å². The first kappa shape index (κ1) is 18.5. The van der Waals surface area contributed by atoms with Crippen molar-refractivity contribution in [3.8, 4) is 0 Å². The number of alkyl carbamates (subject to hydrolysis) is 1. The van der Waals surface area contributed by atoms with Crippen molar-refractivity contribution in [3.63, 3.8) is 0 Å².